The summed E-state index contributed by atoms with van der Waals surface area (Å²) < 4.78 is 5.30. The monoisotopic (exact) mass is 425 g/mol. The molecule has 0 aliphatic rings. The van der Waals surface area contributed by atoms with Gasteiger partial charge in [-0.1, -0.05) is 55.1 Å². The third kappa shape index (κ3) is 6.12. The fraction of sp³-hybridized carbons (Fsp3) is 0.0741. The van der Waals surface area contributed by atoms with E-state index in [-0.39, 0.29) is 6.03 Å². The van der Waals surface area contributed by atoms with Crippen molar-refractivity contribution in [3.8, 4) is 16.9 Å². The van der Waals surface area contributed by atoms with Crippen LogP contribution in [-0.2, 0) is 0 Å². The number of methoxy groups -OCH3 is 1. The second-order valence-corrected chi connectivity index (χ2v) is 7.22. The van der Waals surface area contributed by atoms with Crippen molar-refractivity contribution in [1.82, 2.24) is 0 Å². The van der Waals surface area contributed by atoms with Gasteiger partial charge in [-0.15, -0.1) is 0 Å². The molecule has 0 saturated carbocycles. The first kappa shape index (κ1) is 22.4. The summed E-state index contributed by atoms with van der Waals surface area (Å²) in [5.41, 5.74) is 11.8. The summed E-state index contributed by atoms with van der Waals surface area (Å²) in [4.78, 5) is 12.5. The minimum atomic E-state index is -0.319. The molecule has 3 aromatic carbocycles. The summed E-state index contributed by atoms with van der Waals surface area (Å²) in [5.74, 6) is 0.783. The quantitative estimate of drug-likeness (QED) is 0.381. The number of amides is 2. The molecule has 0 atom stereocenters. The molecule has 0 aromatic heterocycles. The fourth-order valence-corrected chi connectivity index (χ4v) is 3.22. The molecule has 0 aliphatic carbocycles. The van der Waals surface area contributed by atoms with Gasteiger partial charge in [0, 0.05) is 17.1 Å². The summed E-state index contributed by atoms with van der Waals surface area (Å²) in [7, 11) is 1.64. The third-order valence-electron chi connectivity index (χ3n) is 4.68. The second kappa shape index (κ2) is 10.7. The minimum Gasteiger partial charge on any atom is -0.497 e. The summed E-state index contributed by atoms with van der Waals surface area (Å²) in [5, 5.41) is 5.74. The lowest BCUT2D eigenvalue weighted by Crippen LogP contribution is -2.19. The van der Waals surface area contributed by atoms with Crippen molar-refractivity contribution >= 4 is 23.0 Å². The molecular weight excluding hydrogens is 398 g/mol. The van der Waals surface area contributed by atoms with Crippen molar-refractivity contribution in [3.05, 3.63) is 109 Å². The number of carbonyl (C=O) groups is 1. The van der Waals surface area contributed by atoms with Crippen LogP contribution in [-0.4, -0.2) is 13.1 Å². The Kier molecular flexibility index (Phi) is 7.49. The maximum Gasteiger partial charge on any atom is 0.323 e. The second-order valence-electron chi connectivity index (χ2n) is 7.22. The van der Waals surface area contributed by atoms with Crippen LogP contribution in [0.3, 0.4) is 0 Å². The highest BCUT2D eigenvalue weighted by Gasteiger charge is 2.06. The molecule has 0 fully saturated rings. The number of nitrogens with one attached hydrogen (secondary N) is 2. The zero-order chi connectivity index (χ0) is 22.9. The maximum absolute atomic E-state index is 12.5. The van der Waals surface area contributed by atoms with Crippen LogP contribution in [0, 0.1) is 0 Å². The van der Waals surface area contributed by atoms with E-state index in [4.69, 9.17) is 10.5 Å². The van der Waals surface area contributed by atoms with E-state index in [1.54, 1.807) is 13.2 Å². The predicted octanol–water partition coefficient (Wildman–Crippen LogP) is 6.44. The average molecular weight is 426 g/mol. The largest absolute Gasteiger partial charge is 0.497 e. The number of anilines is 2. The van der Waals surface area contributed by atoms with E-state index in [0.29, 0.717) is 17.1 Å². The van der Waals surface area contributed by atoms with Gasteiger partial charge in [0.25, 0.3) is 0 Å². The molecule has 32 heavy (non-hydrogen) atoms. The molecule has 0 radical (unpaired) electrons. The van der Waals surface area contributed by atoms with E-state index in [0.717, 1.165) is 28.0 Å². The van der Waals surface area contributed by atoms with E-state index in [9.17, 15) is 4.79 Å². The van der Waals surface area contributed by atoms with Gasteiger partial charge in [0.15, 0.2) is 0 Å². The number of benzene rings is 3. The zero-order valence-electron chi connectivity index (χ0n) is 18.3. The molecular formula is C27H27N3O2. The number of rotatable bonds is 7. The Hall–Kier alpha value is -4.25. The first-order valence-corrected chi connectivity index (χ1v) is 10.2. The number of hydrogen-bond acceptors (Lipinski definition) is 3. The smallest absolute Gasteiger partial charge is 0.323 e. The van der Waals surface area contributed by atoms with Crippen molar-refractivity contribution < 1.29 is 9.53 Å². The molecule has 0 unspecified atom stereocenters. The molecule has 0 spiro atoms. The lowest BCUT2D eigenvalue weighted by atomic mass is 10.0. The molecule has 5 nitrogen and oxygen atoms in total. The Bertz CT molecular complexity index is 1160. The molecule has 162 valence electrons. The number of hydrogen-bond donors (Lipinski definition) is 3. The number of urea groups is 1. The highest BCUT2D eigenvalue weighted by Crippen LogP contribution is 2.26. The topological polar surface area (TPSA) is 76.4 Å². The molecule has 0 heterocycles. The van der Waals surface area contributed by atoms with Gasteiger partial charge < -0.3 is 21.1 Å². The Morgan fingerprint density at radius 2 is 1.59 bits per heavy atom. The Morgan fingerprint density at radius 3 is 2.25 bits per heavy atom. The maximum atomic E-state index is 12.5. The van der Waals surface area contributed by atoms with E-state index in [1.807, 2.05) is 91.9 Å². The van der Waals surface area contributed by atoms with Crippen molar-refractivity contribution in [1.29, 1.82) is 0 Å². The van der Waals surface area contributed by atoms with Gasteiger partial charge in [-0.2, -0.15) is 0 Å². The molecule has 0 saturated heterocycles. The number of carbonyl (C=O) groups excluding carboxylic acids is 1. The zero-order valence-corrected chi connectivity index (χ0v) is 18.3. The van der Waals surface area contributed by atoms with E-state index in [1.165, 1.54) is 0 Å². The molecule has 3 aromatic rings. The normalized spacial score (nSPS) is 11.6. The fourth-order valence-electron chi connectivity index (χ4n) is 3.22. The van der Waals surface area contributed by atoms with Crippen LogP contribution >= 0.6 is 0 Å². The third-order valence-corrected chi connectivity index (χ3v) is 4.68. The Labute approximate surface area is 188 Å². The SMILES string of the molecule is C=C/C=C(\C=C(\C)N)c1ccc(NC(=O)Nc2cccc(-c3cccc(OC)c3)c2)cc1. The van der Waals surface area contributed by atoms with Crippen LogP contribution in [0.4, 0.5) is 16.2 Å². The summed E-state index contributed by atoms with van der Waals surface area (Å²) in [6, 6.07) is 22.7. The summed E-state index contributed by atoms with van der Waals surface area (Å²) in [6.45, 7) is 5.58. The lowest BCUT2D eigenvalue weighted by Gasteiger charge is -2.11. The molecule has 0 aliphatic heterocycles. The lowest BCUT2D eigenvalue weighted by molar-refractivity contribution is 0.262. The van der Waals surface area contributed by atoms with Gasteiger partial charge in [0.1, 0.15) is 5.75 Å². The van der Waals surface area contributed by atoms with Crippen LogP contribution in [0.5, 0.6) is 5.75 Å². The Balaban J connectivity index is 1.69. The molecule has 2 amide bonds. The van der Waals surface area contributed by atoms with Crippen LogP contribution in [0.25, 0.3) is 16.7 Å². The standard InChI is InChI=1S/C27H27N3O2/c1-4-7-21(16-19(2)28)20-12-14-24(15-13-20)29-27(31)30-25-10-5-8-22(17-25)23-9-6-11-26(18-23)32-3/h4-18H,1,28H2,2-3H3,(H2,29,30,31)/b19-16-,21-7+. The number of nitrogens with two attached hydrogens (primary N) is 1. The van der Waals surface area contributed by atoms with E-state index >= 15 is 0 Å². The van der Waals surface area contributed by atoms with Crippen molar-refractivity contribution in [2.24, 2.45) is 5.73 Å². The van der Waals surface area contributed by atoms with Gasteiger partial charge in [-0.25, -0.2) is 4.79 Å². The van der Waals surface area contributed by atoms with Crippen molar-refractivity contribution in [2.45, 2.75) is 6.92 Å². The predicted molar refractivity (Wildman–Crippen MR) is 134 cm³/mol. The molecule has 3 rings (SSSR count). The van der Waals surface area contributed by atoms with Gasteiger partial charge in [-0.05, 0) is 71.7 Å². The van der Waals surface area contributed by atoms with Crippen LogP contribution in [0.1, 0.15) is 12.5 Å². The van der Waals surface area contributed by atoms with Crippen LogP contribution in [0.2, 0.25) is 0 Å². The minimum absolute atomic E-state index is 0.319. The number of ether oxygens (including phenoxy) is 1. The molecule has 5 heteroatoms. The number of allylic oxidation sites excluding steroid dienone is 5. The Morgan fingerprint density at radius 1 is 0.938 bits per heavy atom. The van der Waals surface area contributed by atoms with Crippen LogP contribution < -0.4 is 21.1 Å². The van der Waals surface area contributed by atoms with Crippen LogP contribution in [0.15, 0.2) is 103 Å². The summed E-state index contributed by atoms with van der Waals surface area (Å²) >= 11 is 0. The van der Waals surface area contributed by atoms with Gasteiger partial charge in [0.2, 0.25) is 0 Å². The average Bonchev–Trinajstić information content (AvgIpc) is 2.79. The highest BCUT2D eigenvalue weighted by atomic mass is 16.5. The van der Waals surface area contributed by atoms with Crippen molar-refractivity contribution in [3.63, 3.8) is 0 Å². The van der Waals surface area contributed by atoms with E-state index in [2.05, 4.69) is 17.2 Å². The van der Waals surface area contributed by atoms with E-state index < -0.39 is 0 Å². The van der Waals surface area contributed by atoms with Crippen molar-refractivity contribution in [2.75, 3.05) is 17.7 Å². The first-order chi connectivity index (χ1) is 15.5. The molecule has 0 bridgehead atoms. The summed E-state index contributed by atoms with van der Waals surface area (Å²) in [6.07, 6.45) is 5.49. The van der Waals surface area contributed by atoms with Gasteiger partial charge in [-0.3, -0.25) is 0 Å². The van der Waals surface area contributed by atoms with Gasteiger partial charge in [0.05, 0.1) is 7.11 Å². The first-order valence-electron chi connectivity index (χ1n) is 10.2. The highest BCUT2D eigenvalue weighted by molar-refractivity contribution is 6.00. The molecule has 4 N–H and O–H groups in total. The van der Waals surface area contributed by atoms with Gasteiger partial charge >= 0.3 is 6.03 Å².